The van der Waals surface area contributed by atoms with Crippen molar-refractivity contribution in [1.29, 1.82) is 0 Å². The summed E-state index contributed by atoms with van der Waals surface area (Å²) in [6, 6.07) is 9.36. The number of carbonyl (C=O) groups is 2. The van der Waals surface area contributed by atoms with E-state index in [4.69, 9.17) is 9.84 Å². The van der Waals surface area contributed by atoms with Crippen molar-refractivity contribution < 1.29 is 19.4 Å². The molecule has 2 aromatic rings. The van der Waals surface area contributed by atoms with Gasteiger partial charge in [0.15, 0.2) is 0 Å². The van der Waals surface area contributed by atoms with Gasteiger partial charge in [0.2, 0.25) is 0 Å². The van der Waals surface area contributed by atoms with Crippen LogP contribution in [0.1, 0.15) is 28.9 Å². The summed E-state index contributed by atoms with van der Waals surface area (Å²) in [5, 5.41) is 16.1. The Bertz CT molecular complexity index is 748. The maximum Gasteiger partial charge on any atom is 0.323 e. The average Bonchev–Trinajstić information content (AvgIpc) is 3.10. The van der Waals surface area contributed by atoms with Crippen LogP contribution in [0.5, 0.6) is 0 Å². The minimum atomic E-state index is -1.03. The predicted octanol–water partition coefficient (Wildman–Crippen LogP) is 2.09. The van der Waals surface area contributed by atoms with E-state index in [1.54, 1.807) is 6.07 Å². The van der Waals surface area contributed by atoms with Crippen molar-refractivity contribution in [3.8, 4) is 11.3 Å². The van der Waals surface area contributed by atoms with Crippen LogP contribution in [0.15, 0.2) is 30.3 Å². The van der Waals surface area contributed by atoms with Gasteiger partial charge in [-0.15, -0.1) is 0 Å². The SMILES string of the molecule is Cc1ccc(-c2cc(C(=O)N(CC(=O)O)C3CCOCC3)[nH]n2)cc1. The lowest BCUT2D eigenvalue weighted by atomic mass is 10.1. The summed E-state index contributed by atoms with van der Waals surface area (Å²) in [7, 11) is 0. The molecule has 1 saturated heterocycles. The molecule has 7 nitrogen and oxygen atoms in total. The van der Waals surface area contributed by atoms with Crippen LogP contribution in [-0.4, -0.2) is 57.9 Å². The van der Waals surface area contributed by atoms with Gasteiger partial charge in [-0.2, -0.15) is 5.10 Å². The molecule has 0 saturated carbocycles. The summed E-state index contributed by atoms with van der Waals surface area (Å²) in [6.07, 6.45) is 1.27. The Morgan fingerprint density at radius 3 is 2.60 bits per heavy atom. The first-order valence-corrected chi connectivity index (χ1v) is 8.27. The maximum atomic E-state index is 12.8. The van der Waals surface area contributed by atoms with E-state index in [0.717, 1.165) is 11.1 Å². The molecule has 2 heterocycles. The third-order valence-electron chi connectivity index (χ3n) is 4.35. The Labute approximate surface area is 145 Å². The third kappa shape index (κ3) is 4.06. The van der Waals surface area contributed by atoms with Gasteiger partial charge in [-0.05, 0) is 25.8 Å². The summed E-state index contributed by atoms with van der Waals surface area (Å²) >= 11 is 0. The Morgan fingerprint density at radius 2 is 1.96 bits per heavy atom. The second-order valence-electron chi connectivity index (χ2n) is 6.20. The molecular formula is C18H21N3O4. The highest BCUT2D eigenvalue weighted by Gasteiger charge is 2.29. The average molecular weight is 343 g/mol. The fourth-order valence-corrected chi connectivity index (χ4v) is 2.97. The lowest BCUT2D eigenvalue weighted by Crippen LogP contribution is -2.46. The maximum absolute atomic E-state index is 12.8. The molecule has 1 aliphatic heterocycles. The molecule has 0 radical (unpaired) electrons. The van der Waals surface area contributed by atoms with Crippen LogP contribution in [0.2, 0.25) is 0 Å². The molecule has 0 unspecified atom stereocenters. The van der Waals surface area contributed by atoms with Crippen LogP contribution in [0.3, 0.4) is 0 Å². The smallest absolute Gasteiger partial charge is 0.323 e. The number of carbonyl (C=O) groups excluding carboxylic acids is 1. The van der Waals surface area contributed by atoms with Gasteiger partial charge < -0.3 is 14.7 Å². The highest BCUT2D eigenvalue weighted by molar-refractivity contribution is 5.95. The molecule has 132 valence electrons. The number of H-pyrrole nitrogens is 1. The van der Waals surface area contributed by atoms with Crippen LogP contribution in [0, 0.1) is 6.92 Å². The van der Waals surface area contributed by atoms with Crippen LogP contribution in [0.25, 0.3) is 11.3 Å². The zero-order valence-corrected chi connectivity index (χ0v) is 14.1. The van der Waals surface area contributed by atoms with E-state index in [1.165, 1.54) is 4.90 Å². The molecule has 25 heavy (non-hydrogen) atoms. The molecule has 2 N–H and O–H groups in total. The van der Waals surface area contributed by atoms with Gasteiger partial charge in [0.05, 0.1) is 5.69 Å². The topological polar surface area (TPSA) is 95.5 Å². The summed E-state index contributed by atoms with van der Waals surface area (Å²) in [5.41, 5.74) is 2.99. The van der Waals surface area contributed by atoms with Crippen LogP contribution < -0.4 is 0 Å². The van der Waals surface area contributed by atoms with E-state index in [0.29, 0.717) is 37.4 Å². The number of nitrogens with zero attached hydrogens (tertiary/aromatic N) is 2. The number of aromatic amines is 1. The van der Waals surface area contributed by atoms with Gasteiger partial charge in [-0.1, -0.05) is 29.8 Å². The highest BCUT2D eigenvalue weighted by Crippen LogP contribution is 2.21. The number of nitrogens with one attached hydrogen (secondary N) is 1. The summed E-state index contributed by atoms with van der Waals surface area (Å²) in [6.45, 7) is 2.74. The number of rotatable bonds is 5. The molecule has 0 aliphatic carbocycles. The lowest BCUT2D eigenvalue weighted by Gasteiger charge is -2.32. The van der Waals surface area contributed by atoms with Crippen molar-refractivity contribution in [1.82, 2.24) is 15.1 Å². The minimum absolute atomic E-state index is 0.136. The molecule has 1 aromatic heterocycles. The highest BCUT2D eigenvalue weighted by atomic mass is 16.5. The van der Waals surface area contributed by atoms with E-state index in [2.05, 4.69) is 10.2 Å². The third-order valence-corrected chi connectivity index (χ3v) is 4.35. The molecule has 0 atom stereocenters. The number of carboxylic acids is 1. The Morgan fingerprint density at radius 1 is 1.28 bits per heavy atom. The Kier molecular flexibility index (Phi) is 5.14. The molecular weight excluding hydrogens is 322 g/mol. The normalized spacial score (nSPS) is 15.1. The Hall–Kier alpha value is -2.67. The summed E-state index contributed by atoms with van der Waals surface area (Å²) in [4.78, 5) is 25.4. The van der Waals surface area contributed by atoms with E-state index in [1.807, 2.05) is 31.2 Å². The fourth-order valence-electron chi connectivity index (χ4n) is 2.97. The first kappa shape index (κ1) is 17.2. The number of hydrogen-bond acceptors (Lipinski definition) is 4. The van der Waals surface area contributed by atoms with E-state index < -0.39 is 5.97 Å². The second kappa shape index (κ2) is 7.48. The van der Waals surface area contributed by atoms with Crippen molar-refractivity contribution >= 4 is 11.9 Å². The van der Waals surface area contributed by atoms with Crippen molar-refractivity contribution in [3.63, 3.8) is 0 Å². The molecule has 1 amide bonds. The van der Waals surface area contributed by atoms with E-state index in [9.17, 15) is 9.59 Å². The first-order chi connectivity index (χ1) is 12.0. The quantitative estimate of drug-likeness (QED) is 0.867. The van der Waals surface area contributed by atoms with E-state index in [-0.39, 0.29) is 18.5 Å². The standard InChI is InChI=1S/C18H21N3O4/c1-12-2-4-13(5-3-12)15-10-16(20-19-15)18(24)21(11-17(22)23)14-6-8-25-9-7-14/h2-5,10,14H,6-9,11H2,1H3,(H,19,20)(H,22,23). The largest absolute Gasteiger partial charge is 0.480 e. The number of amides is 1. The van der Waals surface area contributed by atoms with Crippen molar-refractivity contribution in [2.24, 2.45) is 0 Å². The van der Waals surface area contributed by atoms with Crippen molar-refractivity contribution in [3.05, 3.63) is 41.6 Å². The van der Waals surface area contributed by atoms with Crippen molar-refractivity contribution in [2.45, 2.75) is 25.8 Å². The molecule has 1 aromatic carbocycles. The second-order valence-corrected chi connectivity index (χ2v) is 6.20. The van der Waals surface area contributed by atoms with E-state index >= 15 is 0 Å². The summed E-state index contributed by atoms with van der Waals surface area (Å²) in [5.74, 6) is -1.38. The van der Waals surface area contributed by atoms with Crippen molar-refractivity contribution in [2.75, 3.05) is 19.8 Å². The number of aromatic nitrogens is 2. The van der Waals surface area contributed by atoms with Crippen LogP contribution >= 0.6 is 0 Å². The number of ether oxygens (including phenoxy) is 1. The predicted molar refractivity (Wildman–Crippen MR) is 91.3 cm³/mol. The molecule has 0 bridgehead atoms. The number of carboxylic acid groups (broad SMARTS) is 1. The molecule has 1 fully saturated rings. The number of hydrogen-bond donors (Lipinski definition) is 2. The Balaban J connectivity index is 1.81. The lowest BCUT2D eigenvalue weighted by molar-refractivity contribution is -0.138. The fraction of sp³-hybridized carbons (Fsp3) is 0.389. The molecule has 7 heteroatoms. The minimum Gasteiger partial charge on any atom is -0.480 e. The molecule has 3 rings (SSSR count). The van der Waals surface area contributed by atoms with Gasteiger partial charge in [0.1, 0.15) is 12.2 Å². The van der Waals surface area contributed by atoms with Gasteiger partial charge in [-0.3, -0.25) is 14.7 Å². The van der Waals surface area contributed by atoms with Gasteiger partial charge in [0, 0.05) is 24.8 Å². The number of aliphatic carboxylic acids is 1. The zero-order valence-electron chi connectivity index (χ0n) is 14.1. The number of aryl methyl sites for hydroxylation is 1. The summed E-state index contributed by atoms with van der Waals surface area (Å²) < 4.78 is 5.31. The van der Waals surface area contributed by atoms with Gasteiger partial charge in [-0.25, -0.2) is 0 Å². The first-order valence-electron chi connectivity index (χ1n) is 8.27. The van der Waals surface area contributed by atoms with Gasteiger partial charge in [0.25, 0.3) is 5.91 Å². The molecule has 1 aliphatic rings. The van der Waals surface area contributed by atoms with Crippen LogP contribution in [0.4, 0.5) is 0 Å². The molecule has 0 spiro atoms. The zero-order chi connectivity index (χ0) is 17.8. The van der Waals surface area contributed by atoms with Gasteiger partial charge >= 0.3 is 5.97 Å². The van der Waals surface area contributed by atoms with Crippen LogP contribution in [-0.2, 0) is 9.53 Å². The number of benzene rings is 1. The monoisotopic (exact) mass is 343 g/mol.